The fraction of sp³-hybridized carbons (Fsp3) is 0.150. The van der Waals surface area contributed by atoms with Gasteiger partial charge in [0.2, 0.25) is 0 Å². The molecular formula is C20H17N3OS. The third-order valence-electron chi connectivity index (χ3n) is 4.19. The number of carbonyl (C=O) groups is 1. The minimum atomic E-state index is -0.153. The summed E-state index contributed by atoms with van der Waals surface area (Å²) in [6, 6.07) is 15.6. The summed E-state index contributed by atoms with van der Waals surface area (Å²) < 4.78 is 1.09. The molecule has 2 aromatic heterocycles. The normalized spacial score (nSPS) is 11.1. The number of pyridine rings is 1. The molecule has 0 aliphatic rings. The smallest absolute Gasteiger partial charge is 0.257 e. The van der Waals surface area contributed by atoms with E-state index in [0.717, 1.165) is 33.2 Å². The van der Waals surface area contributed by atoms with E-state index in [2.05, 4.69) is 28.3 Å². The number of amides is 1. The number of carbonyl (C=O) groups excluding carboxylic acids is 1. The molecule has 0 bridgehead atoms. The van der Waals surface area contributed by atoms with Gasteiger partial charge in [-0.2, -0.15) is 0 Å². The van der Waals surface area contributed by atoms with Crippen molar-refractivity contribution in [2.75, 3.05) is 5.32 Å². The first kappa shape index (κ1) is 15.7. The van der Waals surface area contributed by atoms with Crippen LogP contribution in [0, 0.1) is 6.92 Å². The third-order valence-corrected chi connectivity index (χ3v) is 5.13. The molecule has 0 atom stereocenters. The van der Waals surface area contributed by atoms with Crippen molar-refractivity contribution >= 4 is 43.5 Å². The van der Waals surface area contributed by atoms with E-state index >= 15 is 0 Å². The second-order valence-corrected chi connectivity index (χ2v) is 6.98. The van der Waals surface area contributed by atoms with E-state index in [1.165, 1.54) is 16.9 Å². The quantitative estimate of drug-likeness (QED) is 0.569. The maximum Gasteiger partial charge on any atom is 0.257 e. The average molecular weight is 347 g/mol. The van der Waals surface area contributed by atoms with Crippen molar-refractivity contribution < 1.29 is 4.79 Å². The van der Waals surface area contributed by atoms with E-state index in [1.807, 2.05) is 43.3 Å². The number of aryl methyl sites for hydroxylation is 2. The molecular weight excluding hydrogens is 330 g/mol. The van der Waals surface area contributed by atoms with Crippen molar-refractivity contribution in [1.29, 1.82) is 0 Å². The van der Waals surface area contributed by atoms with Crippen LogP contribution < -0.4 is 5.32 Å². The first-order valence-electron chi connectivity index (χ1n) is 8.21. The average Bonchev–Trinajstić information content (AvgIpc) is 3.03. The fourth-order valence-electron chi connectivity index (χ4n) is 2.88. The molecule has 0 radical (unpaired) electrons. The lowest BCUT2D eigenvalue weighted by molar-refractivity contribution is 0.102. The zero-order valence-electron chi connectivity index (χ0n) is 14.0. The summed E-state index contributed by atoms with van der Waals surface area (Å²) in [6.07, 6.45) is 0.922. The predicted octanol–water partition coefficient (Wildman–Crippen LogP) is 4.97. The van der Waals surface area contributed by atoms with E-state index in [0.29, 0.717) is 10.7 Å². The van der Waals surface area contributed by atoms with Gasteiger partial charge in [-0.15, -0.1) is 0 Å². The molecule has 2 aromatic carbocycles. The zero-order chi connectivity index (χ0) is 17.4. The van der Waals surface area contributed by atoms with Gasteiger partial charge in [0.15, 0.2) is 5.13 Å². The SMILES string of the molecule is CCc1cccc2sc(NC(=O)c3ccc4nc(C)ccc4c3)nc12. The maximum atomic E-state index is 12.6. The Balaban J connectivity index is 1.64. The summed E-state index contributed by atoms with van der Waals surface area (Å²) >= 11 is 1.50. The molecule has 5 heteroatoms. The van der Waals surface area contributed by atoms with Crippen LogP contribution in [-0.2, 0) is 6.42 Å². The van der Waals surface area contributed by atoms with Crippen LogP contribution in [0.1, 0.15) is 28.5 Å². The van der Waals surface area contributed by atoms with E-state index < -0.39 is 0 Å². The molecule has 0 spiro atoms. The molecule has 4 rings (SSSR count). The van der Waals surface area contributed by atoms with Gasteiger partial charge >= 0.3 is 0 Å². The van der Waals surface area contributed by atoms with Crippen molar-refractivity contribution in [2.24, 2.45) is 0 Å². The van der Waals surface area contributed by atoms with Crippen molar-refractivity contribution in [2.45, 2.75) is 20.3 Å². The lowest BCUT2D eigenvalue weighted by Crippen LogP contribution is -2.11. The number of aromatic nitrogens is 2. The second kappa shape index (κ2) is 6.26. The highest BCUT2D eigenvalue weighted by molar-refractivity contribution is 7.22. The number of hydrogen-bond acceptors (Lipinski definition) is 4. The van der Waals surface area contributed by atoms with Gasteiger partial charge in [0.1, 0.15) is 0 Å². The Bertz CT molecular complexity index is 1100. The highest BCUT2D eigenvalue weighted by Gasteiger charge is 2.12. The summed E-state index contributed by atoms with van der Waals surface area (Å²) in [4.78, 5) is 21.7. The van der Waals surface area contributed by atoms with E-state index in [1.54, 1.807) is 6.07 Å². The van der Waals surface area contributed by atoms with Crippen LogP contribution in [0.15, 0.2) is 48.5 Å². The largest absolute Gasteiger partial charge is 0.298 e. The number of hydrogen-bond donors (Lipinski definition) is 1. The van der Waals surface area contributed by atoms with Crippen LogP contribution in [0.4, 0.5) is 5.13 Å². The van der Waals surface area contributed by atoms with Crippen LogP contribution in [0.2, 0.25) is 0 Å². The molecule has 0 saturated carbocycles. The summed E-state index contributed by atoms with van der Waals surface area (Å²) in [5.41, 5.74) is 4.63. The number of thiazole rings is 1. The number of benzene rings is 2. The van der Waals surface area contributed by atoms with Crippen LogP contribution >= 0.6 is 11.3 Å². The summed E-state index contributed by atoms with van der Waals surface area (Å²) in [5, 5.41) is 4.51. The zero-order valence-corrected chi connectivity index (χ0v) is 14.9. The second-order valence-electron chi connectivity index (χ2n) is 5.95. The fourth-order valence-corrected chi connectivity index (χ4v) is 3.79. The van der Waals surface area contributed by atoms with Gasteiger partial charge in [-0.05, 0) is 49.2 Å². The number of anilines is 1. The van der Waals surface area contributed by atoms with Crippen LogP contribution in [0.5, 0.6) is 0 Å². The molecule has 0 unspecified atom stereocenters. The molecule has 0 fully saturated rings. The summed E-state index contributed by atoms with van der Waals surface area (Å²) in [5.74, 6) is -0.153. The molecule has 4 aromatic rings. The Morgan fingerprint density at radius 3 is 2.84 bits per heavy atom. The molecule has 0 aliphatic carbocycles. The van der Waals surface area contributed by atoms with Gasteiger partial charge in [0.25, 0.3) is 5.91 Å². The van der Waals surface area contributed by atoms with Gasteiger partial charge in [-0.3, -0.25) is 15.1 Å². The molecule has 0 aliphatic heterocycles. The first-order valence-corrected chi connectivity index (χ1v) is 9.03. The molecule has 0 saturated heterocycles. The summed E-state index contributed by atoms with van der Waals surface area (Å²) in [7, 11) is 0. The number of nitrogens with zero attached hydrogens (tertiary/aromatic N) is 2. The van der Waals surface area contributed by atoms with Gasteiger partial charge in [0, 0.05) is 16.6 Å². The maximum absolute atomic E-state index is 12.6. The number of rotatable bonds is 3. The lowest BCUT2D eigenvalue weighted by Gasteiger charge is -2.04. The molecule has 4 nitrogen and oxygen atoms in total. The van der Waals surface area contributed by atoms with Crippen LogP contribution in [0.25, 0.3) is 21.1 Å². The van der Waals surface area contributed by atoms with Gasteiger partial charge in [0.05, 0.1) is 15.7 Å². The lowest BCUT2D eigenvalue weighted by atomic mass is 10.1. The first-order chi connectivity index (χ1) is 12.1. The highest BCUT2D eigenvalue weighted by Crippen LogP contribution is 2.29. The van der Waals surface area contributed by atoms with Gasteiger partial charge in [-0.1, -0.05) is 36.5 Å². The van der Waals surface area contributed by atoms with Crippen molar-refractivity contribution in [3.8, 4) is 0 Å². The van der Waals surface area contributed by atoms with E-state index in [4.69, 9.17) is 0 Å². The van der Waals surface area contributed by atoms with E-state index in [-0.39, 0.29) is 5.91 Å². The Morgan fingerprint density at radius 1 is 1.12 bits per heavy atom. The number of fused-ring (bicyclic) bond motifs is 2. The number of para-hydroxylation sites is 1. The predicted molar refractivity (Wildman–Crippen MR) is 103 cm³/mol. The summed E-state index contributed by atoms with van der Waals surface area (Å²) in [6.45, 7) is 4.06. The number of nitrogens with one attached hydrogen (secondary N) is 1. The van der Waals surface area contributed by atoms with Gasteiger partial charge in [-0.25, -0.2) is 4.98 Å². The van der Waals surface area contributed by atoms with Crippen LogP contribution in [-0.4, -0.2) is 15.9 Å². The molecule has 25 heavy (non-hydrogen) atoms. The Labute approximate surface area is 149 Å². The minimum absolute atomic E-state index is 0.153. The van der Waals surface area contributed by atoms with Crippen molar-refractivity contribution in [3.05, 3.63) is 65.4 Å². The Morgan fingerprint density at radius 2 is 2.00 bits per heavy atom. The van der Waals surface area contributed by atoms with Crippen LogP contribution in [0.3, 0.4) is 0 Å². The van der Waals surface area contributed by atoms with Crippen molar-refractivity contribution in [3.63, 3.8) is 0 Å². The third kappa shape index (κ3) is 2.98. The Kier molecular flexibility index (Phi) is 3.93. The molecule has 1 amide bonds. The van der Waals surface area contributed by atoms with E-state index in [9.17, 15) is 4.79 Å². The minimum Gasteiger partial charge on any atom is -0.298 e. The molecule has 2 heterocycles. The topological polar surface area (TPSA) is 54.9 Å². The monoisotopic (exact) mass is 347 g/mol. The molecule has 124 valence electrons. The standard InChI is InChI=1S/C20H17N3OS/c1-3-13-5-4-6-17-18(13)22-20(25-17)23-19(24)15-9-10-16-14(11-15)8-7-12(2)21-16/h4-11H,3H2,1-2H3,(H,22,23,24). The highest BCUT2D eigenvalue weighted by atomic mass is 32.1. The molecule has 1 N–H and O–H groups in total. The van der Waals surface area contributed by atoms with Crippen molar-refractivity contribution in [1.82, 2.24) is 9.97 Å². The van der Waals surface area contributed by atoms with Gasteiger partial charge < -0.3 is 0 Å². The Hall–Kier alpha value is -2.79.